The molecular formula is C9H16N3O8P. The number of H-pyrrole nitrogens is 1. The predicted molar refractivity (Wildman–Crippen MR) is 69.2 cm³/mol. The van der Waals surface area contributed by atoms with Crippen molar-refractivity contribution in [3.05, 3.63) is 33.1 Å². The molecule has 12 heteroatoms. The number of ether oxygens (including phenoxy) is 1. The van der Waals surface area contributed by atoms with Crippen molar-refractivity contribution in [1.29, 1.82) is 0 Å². The Labute approximate surface area is 117 Å². The zero-order chi connectivity index (χ0) is 16.2. The van der Waals surface area contributed by atoms with Crippen molar-refractivity contribution in [2.45, 2.75) is 24.9 Å². The van der Waals surface area contributed by atoms with Crippen molar-refractivity contribution in [1.82, 2.24) is 9.55 Å². The summed E-state index contributed by atoms with van der Waals surface area (Å²) < 4.78 is 15.6. The molecule has 0 bridgehead atoms. The molecule has 11 nitrogen and oxygen atoms in total. The van der Waals surface area contributed by atoms with E-state index in [0.29, 0.717) is 0 Å². The molecular weight excluding hydrogens is 309 g/mol. The fourth-order valence-corrected chi connectivity index (χ4v) is 1.70. The molecule has 7 N–H and O–H groups in total. The number of nitrogens with two attached hydrogens (primary N) is 1. The normalized spacial score (nSPS) is 25.3. The summed E-state index contributed by atoms with van der Waals surface area (Å²) in [6.45, 7) is -0.310. The molecule has 1 aromatic heterocycles. The first-order valence-electron chi connectivity index (χ1n) is 5.71. The van der Waals surface area contributed by atoms with Crippen LogP contribution < -0.4 is 16.8 Å². The van der Waals surface area contributed by atoms with Crippen LogP contribution >= 0.6 is 7.75 Å². The lowest BCUT2D eigenvalue weighted by Crippen LogP contribution is -2.31. The molecule has 3 atom stereocenters. The molecule has 2 heterocycles. The number of aromatic nitrogens is 2. The Morgan fingerprint density at radius 2 is 2.05 bits per heavy atom. The minimum absolute atomic E-state index is 0.206. The molecule has 1 aliphatic rings. The fraction of sp³-hybridized carbons (Fsp3) is 0.556. The van der Waals surface area contributed by atoms with E-state index in [1.807, 2.05) is 0 Å². The van der Waals surface area contributed by atoms with Gasteiger partial charge in [0.05, 0.1) is 12.7 Å². The largest absolute Gasteiger partial charge is 0.397 e. The Bertz CT molecular complexity index is 614. The number of hydrogen-bond acceptors (Lipinski definition) is 6. The van der Waals surface area contributed by atoms with Gasteiger partial charge in [-0.2, -0.15) is 0 Å². The van der Waals surface area contributed by atoms with Gasteiger partial charge in [0.15, 0.2) is 0 Å². The number of aliphatic hydroxyl groups is 2. The average Bonchev–Trinajstić information content (AvgIpc) is 2.68. The maximum Gasteiger partial charge on any atom is 0.397 e. The molecule has 0 saturated carbocycles. The van der Waals surface area contributed by atoms with Crippen LogP contribution in [0.2, 0.25) is 0 Å². The Morgan fingerprint density at radius 1 is 1.48 bits per heavy atom. The molecule has 0 aromatic carbocycles. The van der Waals surface area contributed by atoms with E-state index in [9.17, 15) is 14.7 Å². The lowest BCUT2D eigenvalue weighted by atomic mass is 10.2. The molecule has 0 spiro atoms. The van der Waals surface area contributed by atoms with Gasteiger partial charge < -0.3 is 24.7 Å². The fourth-order valence-electron chi connectivity index (χ4n) is 1.70. The molecule has 0 aliphatic carbocycles. The number of nitrogens with one attached hydrogen (secondary N) is 1. The van der Waals surface area contributed by atoms with Gasteiger partial charge in [0, 0.05) is 18.7 Å². The van der Waals surface area contributed by atoms with Crippen LogP contribution in [0.25, 0.3) is 0 Å². The van der Waals surface area contributed by atoms with Crippen molar-refractivity contribution in [2.75, 3.05) is 6.61 Å². The van der Waals surface area contributed by atoms with E-state index in [2.05, 4.69) is 10.5 Å². The number of hydrogen-bond donors (Lipinski definition) is 6. The second-order valence-electron chi connectivity index (χ2n) is 4.22. The van der Waals surface area contributed by atoms with E-state index in [4.69, 9.17) is 24.2 Å². The number of rotatable bonds is 2. The zero-order valence-electron chi connectivity index (χ0n) is 10.7. The first kappa shape index (κ1) is 17.7. The van der Waals surface area contributed by atoms with Crippen molar-refractivity contribution < 1.29 is 29.3 Å². The molecule has 1 aromatic rings. The van der Waals surface area contributed by atoms with Crippen molar-refractivity contribution >= 4 is 7.75 Å². The van der Waals surface area contributed by atoms with Crippen LogP contribution in [-0.2, 0) is 9.30 Å². The van der Waals surface area contributed by atoms with Gasteiger partial charge in [0.25, 0.3) is 5.56 Å². The van der Waals surface area contributed by atoms with E-state index >= 15 is 0 Å². The molecule has 1 fully saturated rings. The SMILES string of the molecule is NP(=O)(O)O.O=c1ccn([C@H]2C[C@H](O)[C@@H](CO)O2)c(=O)[nH]1. The van der Waals surface area contributed by atoms with Crippen molar-refractivity contribution in [3.8, 4) is 0 Å². The van der Waals surface area contributed by atoms with Crippen LogP contribution in [0.3, 0.4) is 0 Å². The predicted octanol–water partition coefficient (Wildman–Crippen LogP) is -2.78. The summed E-state index contributed by atoms with van der Waals surface area (Å²) in [7, 11) is -4.14. The highest BCUT2D eigenvalue weighted by molar-refractivity contribution is 7.49. The topological polar surface area (TPSA) is 188 Å². The second-order valence-corrected chi connectivity index (χ2v) is 5.40. The summed E-state index contributed by atoms with van der Waals surface area (Å²) in [5.41, 5.74) is 2.94. The molecule has 2 rings (SSSR count). The van der Waals surface area contributed by atoms with Gasteiger partial charge in [-0.1, -0.05) is 0 Å². The quantitative estimate of drug-likeness (QED) is 0.312. The first-order chi connectivity index (χ1) is 9.61. The summed E-state index contributed by atoms with van der Waals surface area (Å²) in [6.07, 6.45) is -0.649. The van der Waals surface area contributed by atoms with E-state index in [-0.39, 0.29) is 13.0 Å². The summed E-state index contributed by atoms with van der Waals surface area (Å²) in [5, 5.41) is 18.4. The minimum atomic E-state index is -4.14. The van der Waals surface area contributed by atoms with Gasteiger partial charge in [-0.3, -0.25) is 14.3 Å². The van der Waals surface area contributed by atoms with Gasteiger partial charge in [-0.25, -0.2) is 14.9 Å². The van der Waals surface area contributed by atoms with E-state index in [1.165, 1.54) is 16.8 Å². The third-order valence-corrected chi connectivity index (χ3v) is 2.55. The number of aromatic amines is 1. The van der Waals surface area contributed by atoms with Crippen LogP contribution in [0.4, 0.5) is 0 Å². The van der Waals surface area contributed by atoms with Crippen LogP contribution in [-0.4, -0.2) is 48.4 Å². The number of aliphatic hydroxyl groups excluding tert-OH is 2. The molecule has 21 heavy (non-hydrogen) atoms. The summed E-state index contributed by atoms with van der Waals surface area (Å²) in [5.74, 6) is 0. The zero-order valence-corrected chi connectivity index (χ0v) is 11.6. The van der Waals surface area contributed by atoms with Gasteiger partial charge in [-0.15, -0.1) is 0 Å². The molecule has 0 amide bonds. The third kappa shape index (κ3) is 5.89. The monoisotopic (exact) mass is 325 g/mol. The standard InChI is InChI=1S/C9H12N2O5.H4NO3P/c12-4-6-5(13)3-8(16-6)11-2-1-7(14)10-9(11)15;1-5(2,3)4/h1-2,5-6,8,12-13H,3-4H2,(H,10,14,15);(H4,1,2,3,4)/t5-,6+,8+;/m0./s1. The third-order valence-electron chi connectivity index (χ3n) is 2.55. The average molecular weight is 325 g/mol. The first-order valence-corrected chi connectivity index (χ1v) is 7.40. The van der Waals surface area contributed by atoms with Gasteiger partial charge in [0.2, 0.25) is 0 Å². The molecule has 0 radical (unpaired) electrons. The second kappa shape index (κ2) is 7.09. The number of nitrogens with zero attached hydrogens (tertiary/aromatic N) is 1. The summed E-state index contributed by atoms with van der Waals surface area (Å²) in [6, 6.07) is 1.20. The Kier molecular flexibility index (Phi) is 5.98. The van der Waals surface area contributed by atoms with E-state index in [1.54, 1.807) is 0 Å². The smallest absolute Gasteiger partial charge is 0.394 e. The van der Waals surface area contributed by atoms with Gasteiger partial charge >= 0.3 is 13.4 Å². The highest BCUT2D eigenvalue weighted by Crippen LogP contribution is 2.26. The lowest BCUT2D eigenvalue weighted by Gasteiger charge is -2.13. The van der Waals surface area contributed by atoms with E-state index < -0.39 is 37.4 Å². The molecule has 1 aliphatic heterocycles. The highest BCUT2D eigenvalue weighted by Gasteiger charge is 2.34. The van der Waals surface area contributed by atoms with Crippen LogP contribution in [0.5, 0.6) is 0 Å². The maximum atomic E-state index is 11.4. The minimum Gasteiger partial charge on any atom is -0.394 e. The highest BCUT2D eigenvalue weighted by atomic mass is 31.2. The van der Waals surface area contributed by atoms with Crippen LogP contribution in [0, 0.1) is 0 Å². The molecule has 1 saturated heterocycles. The Hall–Kier alpha value is -1.33. The van der Waals surface area contributed by atoms with Gasteiger partial charge in [-0.05, 0) is 0 Å². The molecule has 120 valence electrons. The van der Waals surface area contributed by atoms with Crippen LogP contribution in [0.1, 0.15) is 12.6 Å². The summed E-state index contributed by atoms with van der Waals surface area (Å²) in [4.78, 5) is 39.2. The van der Waals surface area contributed by atoms with Crippen molar-refractivity contribution in [3.63, 3.8) is 0 Å². The Morgan fingerprint density at radius 3 is 2.48 bits per heavy atom. The van der Waals surface area contributed by atoms with E-state index in [0.717, 1.165) is 0 Å². The van der Waals surface area contributed by atoms with Crippen molar-refractivity contribution in [2.24, 2.45) is 5.50 Å². The lowest BCUT2D eigenvalue weighted by molar-refractivity contribution is -0.0459. The Balaban J connectivity index is 0.000000383. The van der Waals surface area contributed by atoms with Crippen LogP contribution in [0.15, 0.2) is 21.9 Å². The van der Waals surface area contributed by atoms with Gasteiger partial charge in [0.1, 0.15) is 12.3 Å². The maximum absolute atomic E-state index is 11.4. The molecule has 0 unspecified atom stereocenters. The summed E-state index contributed by atoms with van der Waals surface area (Å²) >= 11 is 0.